The number of carbonyl (C=O) groups is 3. The lowest BCUT2D eigenvalue weighted by molar-refractivity contribution is -0.127. The van der Waals surface area contributed by atoms with Crippen molar-refractivity contribution < 1.29 is 34.8 Å². The van der Waals surface area contributed by atoms with Crippen molar-refractivity contribution in [3.63, 3.8) is 0 Å². The number of nitrogens with two attached hydrogens (primary N) is 1. The van der Waals surface area contributed by atoms with E-state index >= 15 is 0 Å². The molecule has 3 amide bonds. The molecule has 2 aromatic carbocycles. The van der Waals surface area contributed by atoms with Crippen LogP contribution in [0.2, 0.25) is 0 Å². The van der Waals surface area contributed by atoms with E-state index in [1.807, 2.05) is 0 Å². The second kappa shape index (κ2) is 8.62. The molecule has 0 aromatic heterocycles. The van der Waals surface area contributed by atoms with Gasteiger partial charge >= 0.3 is 0 Å². The van der Waals surface area contributed by atoms with Crippen molar-refractivity contribution in [1.29, 1.82) is 0 Å². The van der Waals surface area contributed by atoms with E-state index in [0.29, 0.717) is 0 Å². The number of phenolic OH excluding ortho intramolecular Hbond substituents is 4. The molecule has 148 valence electrons. The summed E-state index contributed by atoms with van der Waals surface area (Å²) >= 11 is 0. The van der Waals surface area contributed by atoms with Crippen LogP contribution in [0.1, 0.15) is 22.3 Å². The Kier molecular flexibility index (Phi) is 6.27. The Bertz CT molecular complexity index is 914. The summed E-state index contributed by atoms with van der Waals surface area (Å²) in [5.41, 5.74) is 5.03. The Hall–Kier alpha value is -3.95. The van der Waals surface area contributed by atoms with Crippen molar-refractivity contribution >= 4 is 17.7 Å². The highest BCUT2D eigenvalue weighted by Crippen LogP contribution is 2.29. The number of para-hydroxylation sites is 2. The SMILES string of the molecule is NC(=O)C[C@H](NC(=O)c1cccc(O)c1O)C(=O)NCc1cccc(O)c1O. The van der Waals surface area contributed by atoms with Crippen LogP contribution in [0.3, 0.4) is 0 Å². The van der Waals surface area contributed by atoms with Gasteiger partial charge in [0.15, 0.2) is 23.0 Å². The van der Waals surface area contributed by atoms with Gasteiger partial charge in [0.2, 0.25) is 11.8 Å². The van der Waals surface area contributed by atoms with Crippen molar-refractivity contribution in [3.8, 4) is 23.0 Å². The van der Waals surface area contributed by atoms with Crippen molar-refractivity contribution in [2.24, 2.45) is 5.73 Å². The third-order valence-electron chi connectivity index (χ3n) is 3.84. The molecule has 0 spiro atoms. The number of hydrogen-bond donors (Lipinski definition) is 7. The monoisotopic (exact) mass is 389 g/mol. The van der Waals surface area contributed by atoms with Gasteiger partial charge in [0.05, 0.1) is 12.0 Å². The molecule has 28 heavy (non-hydrogen) atoms. The molecule has 2 rings (SSSR count). The van der Waals surface area contributed by atoms with E-state index in [-0.39, 0.29) is 23.4 Å². The normalized spacial score (nSPS) is 11.4. The minimum Gasteiger partial charge on any atom is -0.504 e. The summed E-state index contributed by atoms with van der Waals surface area (Å²) in [4.78, 5) is 35.9. The van der Waals surface area contributed by atoms with Gasteiger partial charge in [-0.05, 0) is 18.2 Å². The highest BCUT2D eigenvalue weighted by molar-refractivity contribution is 6.01. The van der Waals surface area contributed by atoms with Crippen LogP contribution in [0, 0.1) is 0 Å². The van der Waals surface area contributed by atoms with Gasteiger partial charge in [-0.1, -0.05) is 18.2 Å². The maximum Gasteiger partial charge on any atom is 0.255 e. The fourth-order valence-corrected chi connectivity index (χ4v) is 2.39. The van der Waals surface area contributed by atoms with Gasteiger partial charge in [-0.3, -0.25) is 14.4 Å². The van der Waals surface area contributed by atoms with Crippen LogP contribution in [0.25, 0.3) is 0 Å². The molecule has 0 aliphatic heterocycles. The summed E-state index contributed by atoms with van der Waals surface area (Å²) in [5.74, 6) is -4.53. The molecule has 0 bridgehead atoms. The molecule has 2 aromatic rings. The standard InChI is InChI=1S/C18H19N3O7/c19-14(24)7-11(21-17(27)10-4-2-6-13(23)16(10)26)18(28)20-8-9-3-1-5-12(22)15(9)25/h1-6,11,22-23,25-26H,7-8H2,(H2,19,24)(H,20,28)(H,21,27)/t11-/m0/s1. The number of amides is 3. The highest BCUT2D eigenvalue weighted by atomic mass is 16.3. The van der Waals surface area contributed by atoms with E-state index in [2.05, 4.69) is 10.6 Å². The average Bonchev–Trinajstić information content (AvgIpc) is 2.64. The fourth-order valence-electron chi connectivity index (χ4n) is 2.39. The molecule has 0 fully saturated rings. The zero-order valence-electron chi connectivity index (χ0n) is 14.5. The summed E-state index contributed by atoms with van der Waals surface area (Å²) in [5, 5.41) is 43.1. The van der Waals surface area contributed by atoms with Crippen LogP contribution < -0.4 is 16.4 Å². The molecule has 0 unspecified atom stereocenters. The van der Waals surface area contributed by atoms with Crippen molar-refractivity contribution in [1.82, 2.24) is 10.6 Å². The van der Waals surface area contributed by atoms with Gasteiger partial charge in [-0.15, -0.1) is 0 Å². The Morgan fingerprint density at radius 1 is 0.929 bits per heavy atom. The molecular formula is C18H19N3O7. The summed E-state index contributed by atoms with van der Waals surface area (Å²) < 4.78 is 0. The van der Waals surface area contributed by atoms with Crippen LogP contribution in [-0.2, 0) is 16.1 Å². The van der Waals surface area contributed by atoms with Crippen molar-refractivity contribution in [2.75, 3.05) is 0 Å². The zero-order chi connectivity index (χ0) is 20.8. The third-order valence-corrected chi connectivity index (χ3v) is 3.84. The van der Waals surface area contributed by atoms with Crippen molar-refractivity contribution in [2.45, 2.75) is 19.0 Å². The average molecular weight is 389 g/mol. The van der Waals surface area contributed by atoms with Crippen molar-refractivity contribution in [3.05, 3.63) is 47.5 Å². The fraction of sp³-hybridized carbons (Fsp3) is 0.167. The first-order valence-corrected chi connectivity index (χ1v) is 8.08. The molecule has 0 saturated heterocycles. The number of rotatable bonds is 7. The predicted molar refractivity (Wildman–Crippen MR) is 96.5 cm³/mol. The van der Waals surface area contributed by atoms with Gasteiger partial charge < -0.3 is 36.8 Å². The second-order valence-corrected chi connectivity index (χ2v) is 5.87. The predicted octanol–water partition coefficient (Wildman–Crippen LogP) is -0.201. The molecular weight excluding hydrogens is 370 g/mol. The molecule has 0 saturated carbocycles. The van der Waals surface area contributed by atoms with Crippen LogP contribution in [0.5, 0.6) is 23.0 Å². The number of carbonyl (C=O) groups excluding carboxylic acids is 3. The van der Waals surface area contributed by atoms with Crippen LogP contribution >= 0.6 is 0 Å². The minimum atomic E-state index is -1.37. The maximum atomic E-state index is 12.4. The minimum absolute atomic E-state index is 0.193. The van der Waals surface area contributed by atoms with Gasteiger partial charge in [0, 0.05) is 12.1 Å². The molecule has 0 heterocycles. The van der Waals surface area contributed by atoms with Crippen LogP contribution in [0.4, 0.5) is 0 Å². The molecule has 10 heteroatoms. The molecule has 0 aliphatic carbocycles. The first-order valence-electron chi connectivity index (χ1n) is 8.08. The molecule has 1 atom stereocenters. The van der Waals surface area contributed by atoms with E-state index in [0.717, 1.165) is 0 Å². The molecule has 10 nitrogen and oxygen atoms in total. The number of hydrogen-bond acceptors (Lipinski definition) is 7. The summed E-state index contributed by atoms with van der Waals surface area (Å²) in [6.07, 6.45) is -0.525. The van der Waals surface area contributed by atoms with E-state index in [4.69, 9.17) is 5.73 Å². The third kappa shape index (κ3) is 4.81. The quantitative estimate of drug-likeness (QED) is 0.320. The van der Waals surface area contributed by atoms with Crippen LogP contribution in [-0.4, -0.2) is 44.2 Å². The van der Waals surface area contributed by atoms with E-state index < -0.39 is 47.4 Å². The Morgan fingerprint density at radius 2 is 1.54 bits per heavy atom. The summed E-state index contributed by atoms with van der Waals surface area (Å²) in [6, 6.07) is 6.52. The number of benzene rings is 2. The van der Waals surface area contributed by atoms with Gasteiger partial charge in [-0.25, -0.2) is 0 Å². The van der Waals surface area contributed by atoms with Gasteiger partial charge in [-0.2, -0.15) is 0 Å². The topological polar surface area (TPSA) is 182 Å². The number of primary amides is 1. The molecule has 0 aliphatic rings. The number of phenols is 4. The smallest absolute Gasteiger partial charge is 0.255 e. The lowest BCUT2D eigenvalue weighted by atomic mass is 10.1. The highest BCUT2D eigenvalue weighted by Gasteiger charge is 2.25. The first kappa shape index (κ1) is 20.4. The Morgan fingerprint density at radius 3 is 2.18 bits per heavy atom. The van der Waals surface area contributed by atoms with E-state index in [9.17, 15) is 34.8 Å². The Balaban J connectivity index is 2.12. The lowest BCUT2D eigenvalue weighted by Crippen LogP contribution is -2.48. The van der Waals surface area contributed by atoms with Crippen LogP contribution in [0.15, 0.2) is 36.4 Å². The second-order valence-electron chi connectivity index (χ2n) is 5.87. The largest absolute Gasteiger partial charge is 0.504 e. The molecule has 0 radical (unpaired) electrons. The van der Waals surface area contributed by atoms with E-state index in [1.54, 1.807) is 0 Å². The first-order chi connectivity index (χ1) is 13.2. The zero-order valence-corrected chi connectivity index (χ0v) is 14.5. The number of aromatic hydroxyl groups is 4. The lowest BCUT2D eigenvalue weighted by Gasteiger charge is -2.18. The van der Waals surface area contributed by atoms with Gasteiger partial charge in [0.1, 0.15) is 6.04 Å². The summed E-state index contributed by atoms with van der Waals surface area (Å²) in [6.45, 7) is -0.193. The van der Waals surface area contributed by atoms with Gasteiger partial charge in [0.25, 0.3) is 5.91 Å². The summed E-state index contributed by atoms with van der Waals surface area (Å²) in [7, 11) is 0. The molecule has 8 N–H and O–H groups in total. The number of nitrogens with one attached hydrogen (secondary N) is 2. The Labute approximate surface area is 159 Å². The maximum absolute atomic E-state index is 12.4. The van der Waals surface area contributed by atoms with E-state index in [1.165, 1.54) is 36.4 Å².